The maximum absolute atomic E-state index is 11.8. The summed E-state index contributed by atoms with van der Waals surface area (Å²) in [6, 6.07) is 0. The van der Waals surface area contributed by atoms with Gasteiger partial charge in [0.1, 0.15) is 0 Å². The molecule has 0 aliphatic carbocycles. The van der Waals surface area contributed by atoms with Crippen LogP contribution >= 0.6 is 20.2 Å². The molecule has 0 aromatic rings. The fourth-order valence-electron chi connectivity index (χ4n) is 4.24. The van der Waals surface area contributed by atoms with E-state index in [-0.39, 0.29) is 19.3 Å². The molecule has 0 saturated carbocycles. The third-order valence-electron chi connectivity index (χ3n) is 6.62. The van der Waals surface area contributed by atoms with E-state index in [4.69, 9.17) is 14.2 Å². The summed E-state index contributed by atoms with van der Waals surface area (Å²) in [5, 5.41) is 10.5. The number of rotatable bonds is 28. The monoisotopic (exact) mass is 565 g/mol. The first-order valence-corrected chi connectivity index (χ1v) is 17.1. The SMILES string of the molecule is CCCCCCCCCCCSC(CCCCCCCC)C(C)OCCCOC(O)([PH+]=O)C(=O)OCC. The van der Waals surface area contributed by atoms with Crippen LogP contribution in [-0.2, 0) is 23.6 Å². The van der Waals surface area contributed by atoms with Crippen molar-refractivity contribution in [2.24, 2.45) is 0 Å². The minimum Gasteiger partial charge on any atom is -0.458 e. The molecule has 1 N–H and O–H groups in total. The molecule has 0 aliphatic rings. The van der Waals surface area contributed by atoms with Crippen LogP contribution in [0.25, 0.3) is 0 Å². The highest BCUT2D eigenvalue weighted by molar-refractivity contribution is 7.99. The Morgan fingerprint density at radius 1 is 0.811 bits per heavy atom. The Kier molecular flexibility index (Phi) is 25.9. The van der Waals surface area contributed by atoms with E-state index < -0.39 is 20.0 Å². The van der Waals surface area contributed by atoms with Gasteiger partial charge >= 0.3 is 20.0 Å². The molecule has 0 aliphatic heterocycles. The predicted octanol–water partition coefficient (Wildman–Crippen LogP) is 8.41. The maximum atomic E-state index is 11.8. The number of unbranched alkanes of at least 4 members (excludes halogenated alkanes) is 13. The summed E-state index contributed by atoms with van der Waals surface area (Å²) in [7, 11) is -1.34. The van der Waals surface area contributed by atoms with Gasteiger partial charge in [0, 0.05) is 11.9 Å². The minimum atomic E-state index is -2.38. The molecule has 0 aromatic carbocycles. The molecule has 0 radical (unpaired) electrons. The topological polar surface area (TPSA) is 82.1 Å². The summed E-state index contributed by atoms with van der Waals surface area (Å²) in [5.41, 5.74) is -2.38. The summed E-state index contributed by atoms with van der Waals surface area (Å²) < 4.78 is 27.3. The molecule has 0 aromatic heterocycles. The van der Waals surface area contributed by atoms with Gasteiger partial charge in [-0.05, 0) is 38.9 Å². The summed E-state index contributed by atoms with van der Waals surface area (Å²) in [6.07, 6.45) is 21.8. The number of esters is 1. The number of carbonyl (C=O) groups is 1. The number of hydrogen-bond acceptors (Lipinski definition) is 7. The molecule has 4 unspecified atom stereocenters. The quantitative estimate of drug-likeness (QED) is 0.0441. The van der Waals surface area contributed by atoms with Gasteiger partial charge in [-0.25, -0.2) is 4.79 Å². The van der Waals surface area contributed by atoms with Gasteiger partial charge < -0.3 is 19.3 Å². The van der Waals surface area contributed by atoms with E-state index in [2.05, 4.69) is 32.5 Å². The maximum Gasteiger partial charge on any atom is 0.470 e. The molecule has 0 amide bonds. The van der Waals surface area contributed by atoms with E-state index >= 15 is 0 Å². The lowest BCUT2D eigenvalue weighted by molar-refractivity contribution is -0.196. The zero-order chi connectivity index (χ0) is 27.6. The minimum absolute atomic E-state index is 0.0744. The van der Waals surface area contributed by atoms with Gasteiger partial charge in [-0.1, -0.05) is 108 Å². The lowest BCUT2D eigenvalue weighted by Crippen LogP contribution is -2.38. The highest BCUT2D eigenvalue weighted by Gasteiger charge is 2.49. The van der Waals surface area contributed by atoms with Crippen molar-refractivity contribution in [3.8, 4) is 0 Å². The van der Waals surface area contributed by atoms with Gasteiger partial charge in [-0.3, -0.25) is 0 Å². The molecule has 0 rings (SSSR count). The largest absolute Gasteiger partial charge is 0.470 e. The molecule has 0 saturated heterocycles. The Hall–Kier alpha value is -0.200. The fraction of sp³-hybridized carbons (Fsp3) is 0.966. The Labute approximate surface area is 233 Å². The van der Waals surface area contributed by atoms with Gasteiger partial charge in [-0.15, -0.1) is 0 Å². The van der Waals surface area contributed by atoms with Gasteiger partial charge in [0.05, 0.1) is 19.3 Å². The van der Waals surface area contributed by atoms with Gasteiger partial charge in [-0.2, -0.15) is 11.8 Å². The molecular weight excluding hydrogens is 507 g/mol. The molecule has 0 spiro atoms. The highest BCUT2D eigenvalue weighted by Crippen LogP contribution is 2.26. The summed E-state index contributed by atoms with van der Waals surface area (Å²) >= 11 is 2.06. The van der Waals surface area contributed by atoms with Crippen LogP contribution in [0.1, 0.15) is 137 Å². The second-order valence-electron chi connectivity index (χ2n) is 10.0. The highest BCUT2D eigenvalue weighted by atomic mass is 32.2. The molecule has 220 valence electrons. The Balaban J connectivity index is 4.32. The van der Waals surface area contributed by atoms with Crippen LogP contribution in [0.15, 0.2) is 0 Å². The van der Waals surface area contributed by atoms with Crippen molar-refractivity contribution in [3.63, 3.8) is 0 Å². The molecular formula is C29H58O6PS+. The fourth-order valence-corrected chi connectivity index (χ4v) is 5.91. The predicted molar refractivity (Wildman–Crippen MR) is 158 cm³/mol. The first kappa shape index (κ1) is 36.8. The zero-order valence-corrected chi connectivity index (χ0v) is 26.2. The first-order valence-electron chi connectivity index (χ1n) is 15.1. The van der Waals surface area contributed by atoms with E-state index in [1.165, 1.54) is 108 Å². The van der Waals surface area contributed by atoms with Crippen LogP contribution in [0, 0.1) is 0 Å². The van der Waals surface area contributed by atoms with Crippen molar-refractivity contribution in [3.05, 3.63) is 0 Å². The molecule has 37 heavy (non-hydrogen) atoms. The standard InChI is InChI=1S/C29H57O6PS/c1-5-8-10-12-14-15-16-18-20-25-37-27(22-19-17-13-11-9-6-2)26(4)34-23-21-24-35-29(31,36-32)28(30)33-7-3/h26-27,31H,5-25H2,1-4H3/p+1. The normalized spacial score (nSPS) is 14.9. The number of thioether (sulfide) groups is 1. The lowest BCUT2D eigenvalue weighted by atomic mass is 10.1. The molecule has 0 heterocycles. The van der Waals surface area contributed by atoms with E-state index in [1.54, 1.807) is 6.92 Å². The molecule has 8 heteroatoms. The average Bonchev–Trinajstić information content (AvgIpc) is 2.90. The van der Waals surface area contributed by atoms with Crippen LogP contribution in [0.2, 0.25) is 0 Å². The van der Waals surface area contributed by atoms with Crippen LogP contribution in [0.4, 0.5) is 0 Å². The van der Waals surface area contributed by atoms with E-state index in [0.717, 1.165) is 0 Å². The Bertz CT molecular complexity index is 539. The van der Waals surface area contributed by atoms with E-state index in [9.17, 15) is 14.5 Å². The molecule has 4 atom stereocenters. The van der Waals surface area contributed by atoms with Crippen molar-refractivity contribution < 1.29 is 28.7 Å². The zero-order valence-electron chi connectivity index (χ0n) is 24.4. The molecule has 0 fully saturated rings. The van der Waals surface area contributed by atoms with Crippen molar-refractivity contribution in [2.45, 2.75) is 154 Å². The third kappa shape index (κ3) is 20.4. The molecule has 0 bridgehead atoms. The van der Waals surface area contributed by atoms with E-state index in [0.29, 0.717) is 18.3 Å². The van der Waals surface area contributed by atoms with Crippen molar-refractivity contribution >= 4 is 26.2 Å². The average molecular weight is 566 g/mol. The van der Waals surface area contributed by atoms with Crippen molar-refractivity contribution in [1.82, 2.24) is 0 Å². The Morgan fingerprint density at radius 2 is 1.35 bits per heavy atom. The third-order valence-corrected chi connectivity index (χ3v) is 8.81. The number of aliphatic hydroxyl groups is 1. The van der Waals surface area contributed by atoms with Crippen LogP contribution < -0.4 is 0 Å². The smallest absolute Gasteiger partial charge is 0.458 e. The second-order valence-corrected chi connectivity index (χ2v) is 12.3. The van der Waals surface area contributed by atoms with Gasteiger partial charge in [0.25, 0.3) is 0 Å². The van der Waals surface area contributed by atoms with Crippen molar-refractivity contribution in [1.29, 1.82) is 0 Å². The number of hydrogen-bond donors (Lipinski definition) is 1. The van der Waals surface area contributed by atoms with Crippen molar-refractivity contribution in [2.75, 3.05) is 25.6 Å². The first-order chi connectivity index (χ1) is 17.9. The van der Waals surface area contributed by atoms with Crippen LogP contribution in [0.5, 0.6) is 0 Å². The van der Waals surface area contributed by atoms with Gasteiger partial charge in [0.2, 0.25) is 0 Å². The van der Waals surface area contributed by atoms with Crippen LogP contribution in [0.3, 0.4) is 0 Å². The Morgan fingerprint density at radius 3 is 1.89 bits per heavy atom. The van der Waals surface area contributed by atoms with Gasteiger partial charge in [0.15, 0.2) is 0 Å². The molecule has 6 nitrogen and oxygen atoms in total. The van der Waals surface area contributed by atoms with E-state index in [1.807, 2.05) is 0 Å². The summed E-state index contributed by atoms with van der Waals surface area (Å²) in [5.74, 6) is 0.175. The summed E-state index contributed by atoms with van der Waals surface area (Å²) in [4.78, 5) is 11.8. The van der Waals surface area contributed by atoms with Crippen LogP contribution in [-0.4, -0.2) is 53.5 Å². The summed E-state index contributed by atoms with van der Waals surface area (Å²) in [6.45, 7) is 8.92. The lowest BCUT2D eigenvalue weighted by Gasteiger charge is -2.24. The number of carbonyl (C=O) groups excluding carboxylic acids is 1. The number of ether oxygens (including phenoxy) is 3. The second kappa shape index (κ2) is 26.0.